The second-order valence-electron chi connectivity index (χ2n) is 10.1. The Morgan fingerprint density at radius 1 is 1.00 bits per heavy atom. The molecule has 0 fully saturated rings. The Morgan fingerprint density at radius 2 is 1.68 bits per heavy atom. The standard InChI is InChI=1S/C31H32F2N6O4S/c1-4-34-30(41)35-21-12-10-20(11-13-21)27-23(18-36(2)16-17-43-3)26-28(40)39(37-14-5-6-15-37)31(42)38(29(26)44-27)19-22-24(32)8-7-9-25(22)33/h5-15H,4,16-19H2,1-3H3,(H2,34,35,41). The zero-order valence-corrected chi connectivity index (χ0v) is 25.3. The lowest BCUT2D eigenvalue weighted by atomic mass is 10.1. The molecule has 10 nitrogen and oxygen atoms in total. The lowest BCUT2D eigenvalue weighted by molar-refractivity contribution is 0.159. The maximum absolute atomic E-state index is 14.9. The molecular formula is C31H32F2N6O4S. The molecule has 5 rings (SSSR count). The molecule has 2 N–H and O–H groups in total. The minimum Gasteiger partial charge on any atom is -0.383 e. The summed E-state index contributed by atoms with van der Waals surface area (Å²) in [4.78, 5) is 43.1. The summed E-state index contributed by atoms with van der Waals surface area (Å²) < 4.78 is 38.5. The summed E-state index contributed by atoms with van der Waals surface area (Å²) >= 11 is 1.20. The fraction of sp³-hybridized carbons (Fsp3) is 0.258. The van der Waals surface area contributed by atoms with E-state index in [9.17, 15) is 23.2 Å². The molecule has 0 aliphatic carbocycles. The second kappa shape index (κ2) is 13.4. The van der Waals surface area contributed by atoms with E-state index < -0.39 is 29.4 Å². The molecule has 5 aromatic rings. The van der Waals surface area contributed by atoms with E-state index in [1.165, 1.54) is 26.6 Å². The van der Waals surface area contributed by atoms with Crippen LogP contribution in [0.1, 0.15) is 18.1 Å². The first-order valence-corrected chi connectivity index (χ1v) is 14.8. The molecule has 0 spiro atoms. The minimum atomic E-state index is -0.796. The van der Waals surface area contributed by atoms with Crippen LogP contribution >= 0.6 is 11.3 Å². The molecule has 0 aliphatic heterocycles. The van der Waals surface area contributed by atoms with E-state index in [4.69, 9.17) is 4.74 Å². The topological polar surface area (TPSA) is 103 Å². The van der Waals surface area contributed by atoms with Crippen LogP contribution in [-0.4, -0.2) is 58.7 Å². The molecule has 0 saturated carbocycles. The van der Waals surface area contributed by atoms with Gasteiger partial charge in [0.2, 0.25) is 0 Å². The molecule has 2 amide bonds. The Kier molecular flexibility index (Phi) is 9.37. The van der Waals surface area contributed by atoms with Crippen LogP contribution in [0.15, 0.2) is 76.6 Å². The van der Waals surface area contributed by atoms with Crippen molar-refractivity contribution in [3.05, 3.63) is 111 Å². The third-order valence-corrected chi connectivity index (χ3v) is 8.40. The number of fused-ring (bicyclic) bond motifs is 1. The fourth-order valence-electron chi connectivity index (χ4n) is 4.92. The van der Waals surface area contributed by atoms with Crippen molar-refractivity contribution in [1.82, 2.24) is 24.1 Å². The van der Waals surface area contributed by atoms with Crippen molar-refractivity contribution in [3.63, 3.8) is 0 Å². The third-order valence-electron chi connectivity index (χ3n) is 7.10. The number of benzene rings is 2. The zero-order valence-electron chi connectivity index (χ0n) is 24.5. The first-order valence-electron chi connectivity index (χ1n) is 13.9. The molecule has 44 heavy (non-hydrogen) atoms. The molecule has 0 bridgehead atoms. The highest BCUT2D eigenvalue weighted by Crippen LogP contribution is 2.38. The van der Waals surface area contributed by atoms with Gasteiger partial charge in [0.15, 0.2) is 0 Å². The average molecular weight is 623 g/mol. The number of thiophene rings is 1. The van der Waals surface area contributed by atoms with Crippen molar-refractivity contribution in [3.8, 4) is 10.4 Å². The van der Waals surface area contributed by atoms with E-state index in [0.717, 1.165) is 22.4 Å². The molecule has 0 unspecified atom stereocenters. The summed E-state index contributed by atoms with van der Waals surface area (Å²) in [5, 5.41) is 5.71. The highest BCUT2D eigenvalue weighted by molar-refractivity contribution is 7.22. The van der Waals surface area contributed by atoms with Crippen LogP contribution < -0.4 is 21.9 Å². The van der Waals surface area contributed by atoms with Crippen molar-refractivity contribution in [1.29, 1.82) is 0 Å². The number of ether oxygens (including phenoxy) is 1. The first-order chi connectivity index (χ1) is 21.2. The van der Waals surface area contributed by atoms with Gasteiger partial charge in [0.25, 0.3) is 5.56 Å². The number of hydrogen-bond acceptors (Lipinski definition) is 6. The number of aromatic nitrogens is 3. The monoisotopic (exact) mass is 622 g/mol. The molecule has 2 aromatic carbocycles. The number of amides is 2. The van der Waals surface area contributed by atoms with Crippen LogP contribution in [0.25, 0.3) is 20.7 Å². The minimum absolute atomic E-state index is 0.267. The van der Waals surface area contributed by atoms with E-state index >= 15 is 0 Å². The number of hydrogen-bond donors (Lipinski definition) is 2. The summed E-state index contributed by atoms with van der Waals surface area (Å²) in [6, 6.07) is 13.7. The van der Waals surface area contributed by atoms with Crippen LogP contribution in [0, 0.1) is 11.6 Å². The van der Waals surface area contributed by atoms with Crippen LogP contribution in [0.2, 0.25) is 0 Å². The quantitative estimate of drug-likeness (QED) is 0.225. The summed E-state index contributed by atoms with van der Waals surface area (Å²) in [5.41, 5.74) is 0.380. The van der Waals surface area contributed by atoms with Crippen LogP contribution in [0.5, 0.6) is 0 Å². The number of anilines is 1. The smallest absolute Gasteiger partial charge is 0.352 e. The first kappa shape index (κ1) is 30.9. The lowest BCUT2D eigenvalue weighted by Crippen LogP contribution is -2.43. The molecule has 3 heterocycles. The lowest BCUT2D eigenvalue weighted by Gasteiger charge is -2.18. The van der Waals surface area contributed by atoms with Crippen LogP contribution in [-0.2, 0) is 17.8 Å². The Bertz CT molecular complexity index is 1880. The molecule has 3 aromatic heterocycles. The summed E-state index contributed by atoms with van der Waals surface area (Å²) in [6.45, 7) is 3.21. The summed E-state index contributed by atoms with van der Waals surface area (Å²) in [7, 11) is 3.49. The number of urea groups is 1. The Morgan fingerprint density at radius 3 is 2.32 bits per heavy atom. The highest BCUT2D eigenvalue weighted by atomic mass is 32.1. The van der Waals surface area contributed by atoms with Crippen molar-refractivity contribution < 1.29 is 18.3 Å². The number of methoxy groups -OCH3 is 1. The van der Waals surface area contributed by atoms with Gasteiger partial charge in [0, 0.05) is 55.3 Å². The van der Waals surface area contributed by atoms with Gasteiger partial charge in [-0.3, -0.25) is 18.9 Å². The van der Waals surface area contributed by atoms with Gasteiger partial charge < -0.3 is 15.4 Å². The largest absolute Gasteiger partial charge is 0.383 e. The van der Waals surface area contributed by atoms with E-state index in [1.807, 2.05) is 31.0 Å². The molecular weight excluding hydrogens is 590 g/mol. The maximum atomic E-state index is 14.9. The van der Waals surface area contributed by atoms with Gasteiger partial charge in [-0.05, 0) is 61.5 Å². The molecule has 0 radical (unpaired) electrons. The van der Waals surface area contributed by atoms with Gasteiger partial charge in [0.1, 0.15) is 16.5 Å². The SMILES string of the molecule is CCNC(=O)Nc1ccc(-c2sc3c(c2CN(C)CCOC)c(=O)n(-n2cccc2)c(=O)n3Cc2c(F)cccc2F)cc1. The van der Waals surface area contributed by atoms with Crippen molar-refractivity contribution in [2.24, 2.45) is 0 Å². The zero-order chi connectivity index (χ0) is 31.4. The number of nitrogens with one attached hydrogen (secondary N) is 2. The predicted molar refractivity (Wildman–Crippen MR) is 167 cm³/mol. The number of rotatable bonds is 11. The summed E-state index contributed by atoms with van der Waals surface area (Å²) in [6.07, 6.45) is 3.11. The fourth-order valence-corrected chi connectivity index (χ4v) is 6.22. The van der Waals surface area contributed by atoms with Gasteiger partial charge in [-0.2, -0.15) is 4.68 Å². The number of carbonyl (C=O) groups excluding carboxylic acids is 1. The molecule has 0 atom stereocenters. The van der Waals surface area contributed by atoms with E-state index in [1.54, 1.807) is 43.8 Å². The maximum Gasteiger partial charge on any atom is 0.352 e. The second-order valence-corrected chi connectivity index (χ2v) is 11.1. The molecule has 0 saturated heterocycles. The third kappa shape index (κ3) is 6.20. The van der Waals surface area contributed by atoms with Crippen molar-refractivity contribution >= 4 is 33.3 Å². The van der Waals surface area contributed by atoms with Gasteiger partial charge in [-0.25, -0.2) is 18.4 Å². The van der Waals surface area contributed by atoms with Crippen LogP contribution in [0.3, 0.4) is 0 Å². The molecule has 0 aliphatic rings. The number of likely N-dealkylation sites (N-methyl/N-ethyl adjacent to an activating group) is 1. The highest BCUT2D eigenvalue weighted by Gasteiger charge is 2.25. The Labute approximate surface area is 255 Å². The van der Waals surface area contributed by atoms with E-state index in [-0.39, 0.29) is 17.0 Å². The number of carbonyl (C=O) groups is 1. The summed E-state index contributed by atoms with van der Waals surface area (Å²) in [5.74, 6) is -1.59. The van der Waals surface area contributed by atoms with Gasteiger partial charge in [-0.1, -0.05) is 18.2 Å². The molecule has 230 valence electrons. The Hall–Kier alpha value is -4.59. The predicted octanol–water partition coefficient (Wildman–Crippen LogP) is 4.55. The Balaban J connectivity index is 1.76. The van der Waals surface area contributed by atoms with Gasteiger partial charge >= 0.3 is 11.7 Å². The van der Waals surface area contributed by atoms with E-state index in [0.29, 0.717) is 47.2 Å². The number of halogens is 2. The van der Waals surface area contributed by atoms with Crippen molar-refractivity contribution in [2.45, 2.75) is 20.0 Å². The van der Waals surface area contributed by atoms with E-state index in [2.05, 4.69) is 10.6 Å². The van der Waals surface area contributed by atoms with Gasteiger partial charge in [0.05, 0.1) is 18.5 Å². The number of nitrogens with zero attached hydrogens (tertiary/aromatic N) is 4. The molecule has 13 heteroatoms. The average Bonchev–Trinajstić information content (AvgIpc) is 3.65. The van der Waals surface area contributed by atoms with Gasteiger partial charge in [-0.15, -0.1) is 11.3 Å². The van der Waals surface area contributed by atoms with Crippen LogP contribution in [0.4, 0.5) is 19.3 Å². The normalized spacial score (nSPS) is 11.4. The van der Waals surface area contributed by atoms with Crippen molar-refractivity contribution in [2.75, 3.05) is 39.2 Å².